The second kappa shape index (κ2) is 20.2. The molecule has 0 bridgehead atoms. The monoisotopic (exact) mass is 562 g/mol. The Morgan fingerprint density at radius 2 is 1.00 bits per heavy atom. The fraction of sp³-hybridized carbons (Fsp3) is 0.457. The van der Waals surface area contributed by atoms with E-state index in [9.17, 15) is 14.4 Å². The fourth-order valence-electron chi connectivity index (χ4n) is 4.41. The summed E-state index contributed by atoms with van der Waals surface area (Å²) in [6.45, 7) is 5.17. The molecule has 0 saturated carbocycles. The van der Waals surface area contributed by atoms with Gasteiger partial charge in [0.25, 0.3) is 0 Å². The molecule has 3 rings (SSSR count). The van der Waals surface area contributed by atoms with Gasteiger partial charge in [-0.2, -0.15) is 0 Å². The topological polar surface area (TPSA) is 89.9 Å². The van der Waals surface area contributed by atoms with Crippen molar-refractivity contribution in [3.8, 4) is 0 Å². The van der Waals surface area contributed by atoms with Gasteiger partial charge >= 0.3 is 17.9 Å². The number of carboxylic acid groups (broad SMARTS) is 1. The van der Waals surface area contributed by atoms with Gasteiger partial charge in [0.1, 0.15) is 0 Å². The first-order valence-electron chi connectivity index (χ1n) is 15.1. The van der Waals surface area contributed by atoms with Crippen molar-refractivity contribution in [3.05, 3.63) is 83.4 Å². The van der Waals surface area contributed by atoms with Gasteiger partial charge in [0.2, 0.25) is 0 Å². The van der Waals surface area contributed by atoms with E-state index in [1.807, 2.05) is 30.3 Å². The summed E-state index contributed by atoms with van der Waals surface area (Å²) in [5.41, 5.74) is 0.918. The van der Waals surface area contributed by atoms with Gasteiger partial charge in [-0.3, -0.25) is 0 Å². The number of fused-ring (bicyclic) bond motifs is 1. The summed E-state index contributed by atoms with van der Waals surface area (Å²) in [5.74, 6) is -1.77. The molecular formula is C35H46O6. The highest BCUT2D eigenvalue weighted by Crippen LogP contribution is 2.16. The number of hydrogen-bond acceptors (Lipinski definition) is 5. The van der Waals surface area contributed by atoms with Gasteiger partial charge in [0.15, 0.2) is 0 Å². The van der Waals surface area contributed by atoms with Crippen molar-refractivity contribution in [1.29, 1.82) is 0 Å². The van der Waals surface area contributed by atoms with E-state index in [1.54, 1.807) is 36.4 Å². The lowest BCUT2D eigenvalue weighted by atomic mass is 10.1. The Hall–Kier alpha value is -3.67. The van der Waals surface area contributed by atoms with Crippen LogP contribution in [0.25, 0.3) is 10.8 Å². The van der Waals surface area contributed by atoms with Crippen LogP contribution < -0.4 is 0 Å². The molecule has 222 valence electrons. The number of carbonyl (C=O) groups is 3. The molecule has 41 heavy (non-hydrogen) atoms. The number of carboxylic acids is 1. The quantitative estimate of drug-likeness (QED) is 0.130. The van der Waals surface area contributed by atoms with Gasteiger partial charge in [-0.15, -0.1) is 0 Å². The third-order valence-electron chi connectivity index (χ3n) is 6.83. The standard InChI is InChI=1S/C24H38O4.C11H8O2/c1-3-5-7-9-11-15-19-27-23(25)21-17-13-14-18-22(21)24(26)28-20-16-12-10-8-6-4-2;12-11(13)10-6-5-8-3-1-2-4-9(8)7-10/h13-14,17-18H,3-12,15-16,19-20H2,1-2H3;1-7H,(H,12,13). The van der Waals surface area contributed by atoms with E-state index in [1.165, 1.54) is 51.4 Å². The van der Waals surface area contributed by atoms with Crippen molar-refractivity contribution in [1.82, 2.24) is 0 Å². The molecule has 0 fully saturated rings. The SMILES string of the molecule is CCCCCCCCOC(=O)c1ccccc1C(=O)OCCCCCCCC.O=C(O)c1ccc2ccccc2c1. The van der Waals surface area contributed by atoms with Crippen LogP contribution in [-0.4, -0.2) is 36.2 Å². The molecule has 1 N–H and O–H groups in total. The number of esters is 2. The predicted octanol–water partition coefficient (Wildman–Crippen LogP) is 9.26. The van der Waals surface area contributed by atoms with E-state index in [-0.39, 0.29) is 0 Å². The third-order valence-corrected chi connectivity index (χ3v) is 6.83. The van der Waals surface area contributed by atoms with E-state index in [0.29, 0.717) is 29.9 Å². The second-order valence-electron chi connectivity index (χ2n) is 10.2. The number of carbonyl (C=O) groups excluding carboxylic acids is 2. The molecule has 0 spiro atoms. The summed E-state index contributed by atoms with van der Waals surface area (Å²) in [6, 6.07) is 19.5. The second-order valence-corrected chi connectivity index (χ2v) is 10.2. The minimum Gasteiger partial charge on any atom is -0.478 e. The molecule has 3 aromatic rings. The zero-order valence-corrected chi connectivity index (χ0v) is 24.7. The van der Waals surface area contributed by atoms with Crippen LogP contribution >= 0.6 is 0 Å². The highest BCUT2D eigenvalue weighted by atomic mass is 16.5. The van der Waals surface area contributed by atoms with E-state index in [0.717, 1.165) is 36.5 Å². The first-order valence-corrected chi connectivity index (χ1v) is 15.1. The lowest BCUT2D eigenvalue weighted by Crippen LogP contribution is -2.15. The number of unbranched alkanes of at least 4 members (excludes halogenated alkanes) is 10. The van der Waals surface area contributed by atoms with Gasteiger partial charge in [0.05, 0.1) is 29.9 Å². The number of rotatable bonds is 17. The van der Waals surface area contributed by atoms with Gasteiger partial charge in [-0.05, 0) is 47.9 Å². The van der Waals surface area contributed by atoms with Gasteiger partial charge in [-0.1, -0.05) is 121 Å². The van der Waals surface area contributed by atoms with E-state index in [4.69, 9.17) is 14.6 Å². The van der Waals surface area contributed by atoms with Gasteiger partial charge in [0, 0.05) is 0 Å². The summed E-state index contributed by atoms with van der Waals surface area (Å²) in [7, 11) is 0. The predicted molar refractivity (Wildman–Crippen MR) is 165 cm³/mol. The Kier molecular flexibility index (Phi) is 16.6. The average Bonchev–Trinajstić information content (AvgIpc) is 3.00. The Balaban J connectivity index is 0.000000372. The Labute approximate surface area is 245 Å². The first kappa shape index (κ1) is 33.5. The van der Waals surface area contributed by atoms with Crippen molar-refractivity contribution < 1.29 is 29.0 Å². The molecule has 0 aliphatic carbocycles. The molecule has 0 saturated heterocycles. The number of aromatic carboxylic acids is 1. The molecule has 0 radical (unpaired) electrons. The van der Waals surface area contributed by atoms with Crippen molar-refractivity contribution in [3.63, 3.8) is 0 Å². The molecule has 0 atom stereocenters. The lowest BCUT2D eigenvalue weighted by molar-refractivity contribution is 0.0450. The van der Waals surface area contributed by atoms with Crippen LogP contribution in [-0.2, 0) is 9.47 Å². The summed E-state index contributed by atoms with van der Waals surface area (Å²) >= 11 is 0. The maximum absolute atomic E-state index is 12.4. The largest absolute Gasteiger partial charge is 0.478 e. The number of benzene rings is 3. The lowest BCUT2D eigenvalue weighted by Gasteiger charge is -2.10. The van der Waals surface area contributed by atoms with Crippen molar-refractivity contribution in [2.24, 2.45) is 0 Å². The minimum absolute atomic E-state index is 0.293. The minimum atomic E-state index is -0.884. The van der Waals surface area contributed by atoms with Crippen molar-refractivity contribution in [2.45, 2.75) is 90.9 Å². The van der Waals surface area contributed by atoms with Crippen LogP contribution in [0.15, 0.2) is 66.7 Å². The van der Waals surface area contributed by atoms with Crippen molar-refractivity contribution in [2.75, 3.05) is 13.2 Å². The smallest absolute Gasteiger partial charge is 0.339 e. The molecule has 6 nitrogen and oxygen atoms in total. The highest BCUT2D eigenvalue weighted by molar-refractivity contribution is 6.03. The number of ether oxygens (including phenoxy) is 2. The normalized spacial score (nSPS) is 10.5. The van der Waals surface area contributed by atoms with E-state index in [2.05, 4.69) is 13.8 Å². The zero-order valence-electron chi connectivity index (χ0n) is 24.7. The van der Waals surface area contributed by atoms with E-state index >= 15 is 0 Å². The summed E-state index contributed by atoms with van der Waals surface area (Å²) < 4.78 is 10.7. The molecule has 0 amide bonds. The molecule has 3 aromatic carbocycles. The van der Waals surface area contributed by atoms with Crippen LogP contribution in [0.2, 0.25) is 0 Å². The summed E-state index contributed by atoms with van der Waals surface area (Å²) in [6.07, 6.45) is 13.6. The van der Waals surface area contributed by atoms with Crippen molar-refractivity contribution >= 4 is 28.7 Å². The zero-order chi connectivity index (χ0) is 29.7. The molecule has 6 heteroatoms. The third kappa shape index (κ3) is 13.0. The molecule has 0 aromatic heterocycles. The van der Waals surface area contributed by atoms with E-state index < -0.39 is 17.9 Å². The van der Waals surface area contributed by atoms with Crippen LogP contribution in [0, 0.1) is 0 Å². The molecule has 0 heterocycles. The van der Waals surface area contributed by atoms with Crippen LogP contribution in [0.3, 0.4) is 0 Å². The Morgan fingerprint density at radius 3 is 1.49 bits per heavy atom. The maximum atomic E-state index is 12.4. The Morgan fingerprint density at radius 1 is 0.561 bits per heavy atom. The first-order chi connectivity index (χ1) is 20.0. The van der Waals surface area contributed by atoms with Gasteiger partial charge < -0.3 is 14.6 Å². The highest BCUT2D eigenvalue weighted by Gasteiger charge is 2.18. The van der Waals surface area contributed by atoms with Crippen LogP contribution in [0.5, 0.6) is 0 Å². The molecule has 0 unspecified atom stereocenters. The summed E-state index contributed by atoms with van der Waals surface area (Å²) in [4.78, 5) is 35.3. The maximum Gasteiger partial charge on any atom is 0.339 e. The van der Waals surface area contributed by atoms with Crippen LogP contribution in [0.1, 0.15) is 122 Å². The molecule has 0 aliphatic heterocycles. The number of hydrogen-bond donors (Lipinski definition) is 1. The molecule has 0 aliphatic rings. The van der Waals surface area contributed by atoms with Crippen LogP contribution in [0.4, 0.5) is 0 Å². The Bertz CT molecular complexity index is 1150. The molecular weight excluding hydrogens is 516 g/mol. The fourth-order valence-corrected chi connectivity index (χ4v) is 4.41. The summed E-state index contributed by atoms with van der Waals surface area (Å²) in [5, 5.41) is 10.8. The average molecular weight is 563 g/mol. The van der Waals surface area contributed by atoms with Gasteiger partial charge in [-0.25, -0.2) is 14.4 Å².